The normalized spacial score (nSPS) is 17.4. The van der Waals surface area contributed by atoms with E-state index in [1.807, 2.05) is 31.9 Å². The molecule has 0 spiro atoms. The summed E-state index contributed by atoms with van der Waals surface area (Å²) >= 11 is 6.00. The number of likely N-dealkylation sites (tertiary alicyclic amines) is 1. The van der Waals surface area contributed by atoms with E-state index in [2.05, 4.69) is 5.32 Å². The number of carbonyl (C=O) groups excluding carboxylic acids is 1. The Morgan fingerprint density at radius 1 is 1.45 bits per heavy atom. The summed E-state index contributed by atoms with van der Waals surface area (Å²) in [5, 5.41) is 3.91. The second-order valence-electron chi connectivity index (χ2n) is 6.00. The molecule has 1 atom stereocenters. The van der Waals surface area contributed by atoms with Gasteiger partial charge in [-0.05, 0) is 70.0 Å². The largest absolute Gasteiger partial charge is 0.481 e. The highest BCUT2D eigenvalue weighted by Crippen LogP contribution is 2.23. The average molecular weight is 325 g/mol. The third-order valence-electron chi connectivity index (χ3n) is 4.21. The van der Waals surface area contributed by atoms with Crippen molar-refractivity contribution in [3.05, 3.63) is 28.8 Å². The molecule has 1 aromatic rings. The highest BCUT2D eigenvalue weighted by Gasteiger charge is 2.26. The molecule has 4 nitrogen and oxygen atoms in total. The standard InChI is InChI=1S/C17H25ClN2O2/c1-12-10-15(4-5-16(12)18)22-13(2)17(21)20-8-6-14(7-9-20)11-19-3/h4-5,10,13-14,19H,6-9,11H2,1-3H3. The SMILES string of the molecule is CNCC1CCN(C(=O)C(C)Oc2ccc(Cl)c(C)c2)CC1. The zero-order valence-corrected chi connectivity index (χ0v) is 14.3. The molecule has 0 aromatic heterocycles. The number of halogens is 1. The molecular formula is C17H25ClN2O2. The van der Waals surface area contributed by atoms with Gasteiger partial charge in [0.25, 0.3) is 5.91 Å². The minimum Gasteiger partial charge on any atom is -0.481 e. The monoisotopic (exact) mass is 324 g/mol. The van der Waals surface area contributed by atoms with Crippen LogP contribution in [0.5, 0.6) is 5.75 Å². The zero-order valence-electron chi connectivity index (χ0n) is 13.6. The van der Waals surface area contributed by atoms with E-state index < -0.39 is 6.10 Å². The Labute approximate surface area is 137 Å². The Morgan fingerprint density at radius 3 is 2.73 bits per heavy atom. The van der Waals surface area contributed by atoms with E-state index in [9.17, 15) is 4.79 Å². The molecule has 0 saturated carbocycles. The van der Waals surface area contributed by atoms with Crippen molar-refractivity contribution in [2.45, 2.75) is 32.8 Å². The molecule has 1 fully saturated rings. The minimum absolute atomic E-state index is 0.0653. The summed E-state index contributed by atoms with van der Waals surface area (Å²) in [5.74, 6) is 1.42. The molecule has 22 heavy (non-hydrogen) atoms. The highest BCUT2D eigenvalue weighted by molar-refractivity contribution is 6.31. The third kappa shape index (κ3) is 4.37. The van der Waals surface area contributed by atoms with Gasteiger partial charge in [0.05, 0.1) is 0 Å². The summed E-state index contributed by atoms with van der Waals surface area (Å²) in [6.45, 7) is 6.40. The number of hydrogen-bond acceptors (Lipinski definition) is 3. The molecule has 1 saturated heterocycles. The lowest BCUT2D eigenvalue weighted by Crippen LogP contribution is -2.45. The van der Waals surface area contributed by atoms with Crippen LogP contribution < -0.4 is 10.1 Å². The van der Waals surface area contributed by atoms with Gasteiger partial charge in [-0.2, -0.15) is 0 Å². The maximum absolute atomic E-state index is 12.5. The van der Waals surface area contributed by atoms with Gasteiger partial charge in [-0.25, -0.2) is 0 Å². The number of hydrogen-bond donors (Lipinski definition) is 1. The van der Waals surface area contributed by atoms with Crippen LogP contribution in [0, 0.1) is 12.8 Å². The number of carbonyl (C=O) groups is 1. The second kappa shape index (κ2) is 7.84. The van der Waals surface area contributed by atoms with E-state index in [-0.39, 0.29) is 5.91 Å². The van der Waals surface area contributed by atoms with Crippen molar-refractivity contribution >= 4 is 17.5 Å². The van der Waals surface area contributed by atoms with Gasteiger partial charge in [-0.1, -0.05) is 11.6 Å². The van der Waals surface area contributed by atoms with Crippen LogP contribution in [0.3, 0.4) is 0 Å². The summed E-state index contributed by atoms with van der Waals surface area (Å²) in [6, 6.07) is 5.47. The fraction of sp³-hybridized carbons (Fsp3) is 0.588. The van der Waals surface area contributed by atoms with Crippen molar-refractivity contribution < 1.29 is 9.53 Å². The van der Waals surface area contributed by atoms with Gasteiger partial charge < -0.3 is 15.0 Å². The molecule has 1 unspecified atom stereocenters. The van der Waals surface area contributed by atoms with Gasteiger partial charge in [0.15, 0.2) is 6.10 Å². The second-order valence-corrected chi connectivity index (χ2v) is 6.40. The maximum atomic E-state index is 12.5. The number of rotatable bonds is 5. The van der Waals surface area contributed by atoms with Crippen LogP contribution in [0.2, 0.25) is 5.02 Å². The van der Waals surface area contributed by atoms with Crippen LogP contribution >= 0.6 is 11.6 Å². The van der Waals surface area contributed by atoms with E-state index in [1.54, 1.807) is 12.1 Å². The molecule has 122 valence electrons. The predicted molar refractivity (Wildman–Crippen MR) is 89.5 cm³/mol. The first-order valence-corrected chi connectivity index (χ1v) is 8.25. The first kappa shape index (κ1) is 17.1. The lowest BCUT2D eigenvalue weighted by atomic mass is 9.96. The maximum Gasteiger partial charge on any atom is 0.263 e. The predicted octanol–water partition coefficient (Wildman–Crippen LogP) is 2.87. The van der Waals surface area contributed by atoms with Gasteiger partial charge in [-0.3, -0.25) is 4.79 Å². The molecule has 0 radical (unpaired) electrons. The molecular weight excluding hydrogens is 300 g/mol. The summed E-state index contributed by atoms with van der Waals surface area (Å²) < 4.78 is 5.78. The molecule has 1 heterocycles. The summed E-state index contributed by atoms with van der Waals surface area (Å²) in [6.07, 6.45) is 1.64. The Bertz CT molecular complexity index is 513. The van der Waals surface area contributed by atoms with Gasteiger partial charge in [0.2, 0.25) is 0 Å². The molecule has 0 bridgehead atoms. The molecule has 5 heteroatoms. The number of piperidine rings is 1. The molecule has 1 aromatic carbocycles. The van der Waals surface area contributed by atoms with Crippen LogP contribution in [0.15, 0.2) is 18.2 Å². The van der Waals surface area contributed by atoms with Gasteiger partial charge in [0, 0.05) is 18.1 Å². The van der Waals surface area contributed by atoms with Crippen LogP contribution in [0.25, 0.3) is 0 Å². The van der Waals surface area contributed by atoms with E-state index >= 15 is 0 Å². The zero-order chi connectivity index (χ0) is 16.1. The first-order valence-electron chi connectivity index (χ1n) is 7.87. The molecule has 1 N–H and O–H groups in total. The topological polar surface area (TPSA) is 41.6 Å². The van der Waals surface area contributed by atoms with Crippen molar-refractivity contribution in [1.82, 2.24) is 10.2 Å². The van der Waals surface area contributed by atoms with Crippen LogP contribution in [-0.4, -0.2) is 43.6 Å². The number of aryl methyl sites for hydroxylation is 1. The lowest BCUT2D eigenvalue weighted by Gasteiger charge is -2.33. The molecule has 0 aliphatic carbocycles. The van der Waals surface area contributed by atoms with Crippen molar-refractivity contribution in [3.63, 3.8) is 0 Å². The smallest absolute Gasteiger partial charge is 0.263 e. The highest BCUT2D eigenvalue weighted by atomic mass is 35.5. The summed E-state index contributed by atoms with van der Waals surface area (Å²) in [7, 11) is 1.97. The average Bonchev–Trinajstić information content (AvgIpc) is 2.51. The number of ether oxygens (including phenoxy) is 1. The third-order valence-corrected chi connectivity index (χ3v) is 4.63. The molecule has 2 rings (SSSR count). The van der Waals surface area contributed by atoms with Gasteiger partial charge in [0.1, 0.15) is 5.75 Å². The lowest BCUT2D eigenvalue weighted by molar-refractivity contribution is -0.139. The van der Waals surface area contributed by atoms with Crippen LogP contribution in [0.1, 0.15) is 25.3 Å². The molecule has 1 aliphatic heterocycles. The van der Waals surface area contributed by atoms with Gasteiger partial charge >= 0.3 is 0 Å². The molecule has 1 aliphatic rings. The Kier molecular flexibility index (Phi) is 6.09. The molecule has 1 amide bonds. The number of nitrogens with one attached hydrogen (secondary N) is 1. The summed E-state index contributed by atoms with van der Waals surface area (Å²) in [4.78, 5) is 14.4. The minimum atomic E-state index is -0.471. The van der Waals surface area contributed by atoms with Crippen molar-refractivity contribution in [1.29, 1.82) is 0 Å². The Balaban J connectivity index is 1.88. The first-order chi connectivity index (χ1) is 10.5. The van der Waals surface area contributed by atoms with E-state index in [0.717, 1.165) is 38.0 Å². The van der Waals surface area contributed by atoms with Crippen LogP contribution in [0.4, 0.5) is 0 Å². The number of benzene rings is 1. The van der Waals surface area contributed by atoms with Crippen LogP contribution in [-0.2, 0) is 4.79 Å². The van der Waals surface area contributed by atoms with Crippen molar-refractivity contribution in [2.24, 2.45) is 5.92 Å². The van der Waals surface area contributed by atoms with Gasteiger partial charge in [-0.15, -0.1) is 0 Å². The number of amides is 1. The quantitative estimate of drug-likeness (QED) is 0.905. The van der Waals surface area contributed by atoms with E-state index in [0.29, 0.717) is 16.7 Å². The Morgan fingerprint density at radius 2 is 2.14 bits per heavy atom. The number of nitrogens with zero attached hydrogens (tertiary/aromatic N) is 1. The summed E-state index contributed by atoms with van der Waals surface area (Å²) in [5.41, 5.74) is 0.951. The Hall–Kier alpha value is -1.26. The van der Waals surface area contributed by atoms with Crippen molar-refractivity contribution in [2.75, 3.05) is 26.7 Å². The van der Waals surface area contributed by atoms with Crippen molar-refractivity contribution in [3.8, 4) is 5.75 Å². The fourth-order valence-corrected chi connectivity index (χ4v) is 2.97. The fourth-order valence-electron chi connectivity index (χ4n) is 2.85. The van der Waals surface area contributed by atoms with E-state index in [1.165, 1.54) is 0 Å². The van der Waals surface area contributed by atoms with E-state index in [4.69, 9.17) is 16.3 Å².